The van der Waals surface area contributed by atoms with Crippen molar-refractivity contribution in [2.24, 2.45) is 0 Å². The van der Waals surface area contributed by atoms with Gasteiger partial charge in [0.05, 0.1) is 7.11 Å². The van der Waals surface area contributed by atoms with E-state index in [1.54, 1.807) is 7.11 Å². The van der Waals surface area contributed by atoms with E-state index in [4.69, 9.17) is 4.74 Å². The number of halogens is 1. The minimum absolute atomic E-state index is 0. The highest BCUT2D eigenvalue weighted by Crippen LogP contribution is 2.12. The molecule has 1 aromatic carbocycles. The molecular formula is C16H28ClNO. The first-order valence-corrected chi connectivity index (χ1v) is 7.20. The Balaban J connectivity index is 0.00000324. The van der Waals surface area contributed by atoms with Gasteiger partial charge in [0.1, 0.15) is 5.75 Å². The predicted octanol–water partition coefficient (Wildman–Crippen LogP) is 4.57. The lowest BCUT2D eigenvalue weighted by Gasteiger charge is -2.06. The number of hydrogen-bond donors (Lipinski definition) is 1. The van der Waals surface area contributed by atoms with E-state index in [9.17, 15) is 0 Å². The molecule has 0 saturated carbocycles. The number of rotatable bonds is 10. The summed E-state index contributed by atoms with van der Waals surface area (Å²) >= 11 is 0. The minimum Gasteiger partial charge on any atom is -0.497 e. The van der Waals surface area contributed by atoms with Gasteiger partial charge in [-0.15, -0.1) is 12.4 Å². The summed E-state index contributed by atoms with van der Waals surface area (Å²) in [6, 6.07) is 8.25. The third-order valence-corrected chi connectivity index (χ3v) is 3.17. The molecule has 1 rings (SSSR count). The van der Waals surface area contributed by atoms with E-state index in [1.807, 2.05) is 12.1 Å². The summed E-state index contributed by atoms with van der Waals surface area (Å²) in [5.74, 6) is 0.939. The van der Waals surface area contributed by atoms with Gasteiger partial charge in [0.2, 0.25) is 0 Å². The van der Waals surface area contributed by atoms with Gasteiger partial charge in [-0.3, -0.25) is 0 Å². The molecule has 19 heavy (non-hydrogen) atoms. The summed E-state index contributed by atoms with van der Waals surface area (Å²) in [4.78, 5) is 0. The highest BCUT2D eigenvalue weighted by atomic mass is 35.5. The van der Waals surface area contributed by atoms with Crippen LogP contribution in [0.2, 0.25) is 0 Å². The molecule has 1 aromatic rings. The number of ether oxygens (including phenoxy) is 1. The van der Waals surface area contributed by atoms with Crippen molar-refractivity contribution in [1.29, 1.82) is 0 Å². The minimum atomic E-state index is 0. The van der Waals surface area contributed by atoms with Gasteiger partial charge >= 0.3 is 0 Å². The first-order chi connectivity index (χ1) is 8.86. The molecule has 0 heterocycles. The zero-order valence-electron chi connectivity index (χ0n) is 12.3. The van der Waals surface area contributed by atoms with Crippen LogP contribution in [0, 0.1) is 0 Å². The topological polar surface area (TPSA) is 21.3 Å². The van der Waals surface area contributed by atoms with E-state index in [0.29, 0.717) is 0 Å². The molecule has 0 aliphatic heterocycles. The van der Waals surface area contributed by atoms with Gasteiger partial charge in [-0.05, 0) is 30.7 Å². The predicted molar refractivity (Wildman–Crippen MR) is 85.3 cm³/mol. The molecule has 0 aliphatic rings. The van der Waals surface area contributed by atoms with Crippen LogP contribution >= 0.6 is 12.4 Å². The quantitative estimate of drug-likeness (QED) is 0.636. The average molecular weight is 286 g/mol. The second-order valence-electron chi connectivity index (χ2n) is 4.80. The van der Waals surface area contributed by atoms with Crippen molar-refractivity contribution in [2.45, 2.75) is 52.0 Å². The summed E-state index contributed by atoms with van der Waals surface area (Å²) in [6.07, 6.45) is 8.13. The lowest BCUT2D eigenvalue weighted by Crippen LogP contribution is -2.14. The largest absolute Gasteiger partial charge is 0.497 e. The number of unbranched alkanes of at least 4 members (excludes halogenated alkanes) is 5. The number of benzene rings is 1. The van der Waals surface area contributed by atoms with Gasteiger partial charge < -0.3 is 10.1 Å². The van der Waals surface area contributed by atoms with Crippen LogP contribution in [-0.2, 0) is 6.54 Å². The first kappa shape index (κ1) is 18.3. The smallest absolute Gasteiger partial charge is 0.119 e. The number of hydrogen-bond acceptors (Lipinski definition) is 2. The Morgan fingerprint density at radius 2 is 1.79 bits per heavy atom. The molecule has 110 valence electrons. The summed E-state index contributed by atoms with van der Waals surface area (Å²) < 4.78 is 5.21. The van der Waals surface area contributed by atoms with Crippen molar-refractivity contribution in [3.05, 3.63) is 29.8 Å². The molecule has 1 N–H and O–H groups in total. The number of methoxy groups -OCH3 is 1. The van der Waals surface area contributed by atoms with E-state index in [-0.39, 0.29) is 12.4 Å². The van der Waals surface area contributed by atoms with Gasteiger partial charge in [-0.1, -0.05) is 51.2 Å². The Morgan fingerprint density at radius 3 is 2.53 bits per heavy atom. The molecule has 0 bridgehead atoms. The maximum Gasteiger partial charge on any atom is 0.119 e. The monoisotopic (exact) mass is 285 g/mol. The Morgan fingerprint density at radius 1 is 1.05 bits per heavy atom. The average Bonchev–Trinajstić information content (AvgIpc) is 2.42. The molecule has 0 unspecified atom stereocenters. The fourth-order valence-corrected chi connectivity index (χ4v) is 2.05. The highest BCUT2D eigenvalue weighted by Gasteiger charge is 1.95. The molecule has 3 heteroatoms. The van der Waals surface area contributed by atoms with E-state index in [0.717, 1.165) is 18.8 Å². The Labute approximate surface area is 124 Å². The summed E-state index contributed by atoms with van der Waals surface area (Å²) in [5, 5.41) is 3.49. The zero-order valence-corrected chi connectivity index (χ0v) is 13.1. The summed E-state index contributed by atoms with van der Waals surface area (Å²) in [7, 11) is 1.71. The molecule has 0 radical (unpaired) electrons. The molecule has 0 spiro atoms. The first-order valence-electron chi connectivity index (χ1n) is 7.20. The van der Waals surface area contributed by atoms with Crippen LogP contribution in [0.5, 0.6) is 5.75 Å². The standard InChI is InChI=1S/C16H27NO.ClH/c1-3-4-5-6-7-8-12-17-14-15-10-9-11-16(13-15)18-2;/h9-11,13,17H,3-8,12,14H2,1-2H3;1H. The second-order valence-corrected chi connectivity index (χ2v) is 4.80. The molecule has 0 saturated heterocycles. The fraction of sp³-hybridized carbons (Fsp3) is 0.625. The van der Waals surface area contributed by atoms with Crippen LogP contribution in [0.3, 0.4) is 0 Å². The molecule has 0 amide bonds. The maximum atomic E-state index is 5.21. The van der Waals surface area contributed by atoms with Crippen molar-refractivity contribution in [1.82, 2.24) is 5.32 Å². The Kier molecular flexibility index (Phi) is 11.8. The molecule has 0 fully saturated rings. The van der Waals surface area contributed by atoms with Crippen LogP contribution in [-0.4, -0.2) is 13.7 Å². The van der Waals surface area contributed by atoms with Gasteiger partial charge in [0, 0.05) is 6.54 Å². The van der Waals surface area contributed by atoms with Crippen LogP contribution in [0.4, 0.5) is 0 Å². The molecule has 0 aromatic heterocycles. The maximum absolute atomic E-state index is 5.21. The molecule has 0 atom stereocenters. The second kappa shape index (κ2) is 12.3. The van der Waals surface area contributed by atoms with Crippen molar-refractivity contribution in [3.8, 4) is 5.75 Å². The van der Waals surface area contributed by atoms with E-state index in [1.165, 1.54) is 44.1 Å². The lowest BCUT2D eigenvalue weighted by molar-refractivity contribution is 0.414. The fourth-order valence-electron chi connectivity index (χ4n) is 2.05. The molecular weight excluding hydrogens is 258 g/mol. The Bertz CT molecular complexity index is 317. The Hall–Kier alpha value is -0.730. The van der Waals surface area contributed by atoms with Crippen molar-refractivity contribution >= 4 is 12.4 Å². The van der Waals surface area contributed by atoms with E-state index >= 15 is 0 Å². The number of nitrogens with one attached hydrogen (secondary N) is 1. The van der Waals surface area contributed by atoms with Gasteiger partial charge in [0.15, 0.2) is 0 Å². The van der Waals surface area contributed by atoms with Crippen LogP contribution in [0.1, 0.15) is 51.0 Å². The normalized spacial score (nSPS) is 10.0. The SMILES string of the molecule is CCCCCCCCNCc1cccc(OC)c1.Cl. The molecule has 2 nitrogen and oxygen atoms in total. The zero-order chi connectivity index (χ0) is 13.1. The van der Waals surface area contributed by atoms with Crippen LogP contribution in [0.15, 0.2) is 24.3 Å². The van der Waals surface area contributed by atoms with Crippen molar-refractivity contribution < 1.29 is 4.74 Å². The third-order valence-electron chi connectivity index (χ3n) is 3.17. The van der Waals surface area contributed by atoms with Crippen molar-refractivity contribution in [2.75, 3.05) is 13.7 Å². The lowest BCUT2D eigenvalue weighted by atomic mass is 10.1. The van der Waals surface area contributed by atoms with Gasteiger partial charge in [-0.2, -0.15) is 0 Å². The van der Waals surface area contributed by atoms with Crippen LogP contribution in [0.25, 0.3) is 0 Å². The third kappa shape index (κ3) is 8.90. The van der Waals surface area contributed by atoms with E-state index in [2.05, 4.69) is 24.4 Å². The summed E-state index contributed by atoms with van der Waals surface area (Å²) in [6.45, 7) is 4.31. The van der Waals surface area contributed by atoms with Gasteiger partial charge in [-0.25, -0.2) is 0 Å². The molecule has 0 aliphatic carbocycles. The van der Waals surface area contributed by atoms with E-state index < -0.39 is 0 Å². The summed E-state index contributed by atoms with van der Waals surface area (Å²) in [5.41, 5.74) is 1.29. The van der Waals surface area contributed by atoms with Crippen molar-refractivity contribution in [3.63, 3.8) is 0 Å². The highest BCUT2D eigenvalue weighted by molar-refractivity contribution is 5.85. The van der Waals surface area contributed by atoms with Crippen LogP contribution < -0.4 is 10.1 Å². The van der Waals surface area contributed by atoms with Gasteiger partial charge in [0.25, 0.3) is 0 Å².